The minimum absolute atomic E-state index is 0.0435. The van der Waals surface area contributed by atoms with Crippen LogP contribution in [0, 0.1) is 0 Å². The molecule has 0 spiro atoms. The second-order valence-corrected chi connectivity index (χ2v) is 5.87. The number of hydrogen-bond acceptors (Lipinski definition) is 4. The summed E-state index contributed by atoms with van der Waals surface area (Å²) >= 11 is 12.0. The first-order valence-electron chi connectivity index (χ1n) is 6.89. The number of amides is 1. The lowest BCUT2D eigenvalue weighted by Crippen LogP contribution is -2.37. The van der Waals surface area contributed by atoms with Gasteiger partial charge < -0.3 is 9.64 Å². The summed E-state index contributed by atoms with van der Waals surface area (Å²) in [5.41, 5.74) is 0.817. The number of ether oxygens (including phenoxy) is 1. The molecule has 1 fully saturated rings. The molecule has 0 aromatic carbocycles. The van der Waals surface area contributed by atoms with E-state index < -0.39 is 0 Å². The number of nitrogens with zero attached hydrogens (tertiary/aromatic N) is 3. The van der Waals surface area contributed by atoms with Crippen LogP contribution in [-0.4, -0.2) is 60.6 Å². The summed E-state index contributed by atoms with van der Waals surface area (Å²) in [6, 6.07) is 1.71. The Morgan fingerprint density at radius 1 is 1.33 bits per heavy atom. The van der Waals surface area contributed by atoms with Crippen molar-refractivity contribution < 1.29 is 9.53 Å². The second kappa shape index (κ2) is 7.94. The van der Waals surface area contributed by atoms with Crippen LogP contribution < -0.4 is 0 Å². The summed E-state index contributed by atoms with van der Waals surface area (Å²) in [5.74, 6) is 0.0435. The van der Waals surface area contributed by atoms with E-state index in [2.05, 4.69) is 9.88 Å². The summed E-state index contributed by atoms with van der Waals surface area (Å²) < 4.78 is 4.90. The average Bonchev–Trinajstić information content (AvgIpc) is 2.68. The summed E-state index contributed by atoms with van der Waals surface area (Å²) in [6.07, 6.45) is 2.54. The van der Waals surface area contributed by atoms with Crippen molar-refractivity contribution in [3.63, 3.8) is 0 Å². The van der Waals surface area contributed by atoms with Crippen LogP contribution in [0.25, 0.3) is 0 Å². The third-order valence-corrected chi connectivity index (χ3v) is 4.00. The lowest BCUT2D eigenvalue weighted by Gasteiger charge is -2.21. The van der Waals surface area contributed by atoms with E-state index in [1.807, 2.05) is 4.90 Å². The molecule has 0 N–H and O–H groups in total. The van der Waals surface area contributed by atoms with E-state index in [0.29, 0.717) is 23.1 Å². The van der Waals surface area contributed by atoms with Crippen LogP contribution in [0.3, 0.4) is 0 Å². The fourth-order valence-corrected chi connectivity index (χ4v) is 2.80. The molecule has 0 atom stereocenters. The van der Waals surface area contributed by atoms with Crippen molar-refractivity contribution in [3.8, 4) is 0 Å². The highest BCUT2D eigenvalue weighted by molar-refractivity contribution is 6.34. The van der Waals surface area contributed by atoms with Gasteiger partial charge in [0.2, 0.25) is 5.91 Å². The number of rotatable bonds is 4. The van der Waals surface area contributed by atoms with E-state index in [9.17, 15) is 4.79 Å². The third kappa shape index (κ3) is 4.81. The molecule has 1 aromatic heterocycles. The lowest BCUT2D eigenvalue weighted by atomic mass is 10.3. The molecule has 2 heterocycles. The molecule has 7 heteroatoms. The zero-order valence-corrected chi connectivity index (χ0v) is 13.5. The first-order chi connectivity index (χ1) is 10.1. The Morgan fingerprint density at radius 3 is 2.86 bits per heavy atom. The molecule has 1 aromatic rings. The topological polar surface area (TPSA) is 45.7 Å². The predicted molar refractivity (Wildman–Crippen MR) is 82.6 cm³/mol. The predicted octanol–water partition coefficient (Wildman–Crippen LogP) is 2.07. The fraction of sp³-hybridized carbons (Fsp3) is 0.571. The van der Waals surface area contributed by atoms with Gasteiger partial charge in [0.15, 0.2) is 0 Å². The Labute approximate surface area is 134 Å². The van der Waals surface area contributed by atoms with Crippen molar-refractivity contribution in [1.82, 2.24) is 14.8 Å². The fourth-order valence-electron chi connectivity index (χ4n) is 2.36. The first kappa shape index (κ1) is 16.5. The van der Waals surface area contributed by atoms with Gasteiger partial charge >= 0.3 is 0 Å². The normalized spacial score (nSPS) is 16.8. The van der Waals surface area contributed by atoms with Crippen molar-refractivity contribution in [3.05, 3.63) is 28.0 Å². The highest BCUT2D eigenvalue weighted by Crippen LogP contribution is 2.20. The minimum Gasteiger partial charge on any atom is -0.375 e. The smallest absolute Gasteiger partial charge is 0.248 e. The average molecular weight is 332 g/mol. The van der Waals surface area contributed by atoms with Crippen molar-refractivity contribution in [2.24, 2.45) is 0 Å². The third-order valence-electron chi connectivity index (χ3n) is 3.47. The molecule has 0 bridgehead atoms. The van der Waals surface area contributed by atoms with Gasteiger partial charge in [-0.2, -0.15) is 0 Å². The number of aromatic nitrogens is 1. The van der Waals surface area contributed by atoms with Gasteiger partial charge in [-0.05, 0) is 12.5 Å². The zero-order valence-electron chi connectivity index (χ0n) is 12.0. The van der Waals surface area contributed by atoms with Crippen molar-refractivity contribution in [1.29, 1.82) is 0 Å². The van der Waals surface area contributed by atoms with Crippen molar-refractivity contribution in [2.75, 3.05) is 39.9 Å². The molecule has 116 valence electrons. The summed E-state index contributed by atoms with van der Waals surface area (Å²) in [5, 5.41) is 1.12. The molecule has 1 aliphatic rings. The van der Waals surface area contributed by atoms with Gasteiger partial charge in [0.1, 0.15) is 6.61 Å². The number of halogens is 2. The Balaban J connectivity index is 1.92. The number of hydrogen-bond donors (Lipinski definition) is 0. The molecule has 1 aliphatic heterocycles. The Morgan fingerprint density at radius 2 is 2.14 bits per heavy atom. The van der Waals surface area contributed by atoms with Gasteiger partial charge in [-0.15, -0.1) is 0 Å². The highest BCUT2D eigenvalue weighted by Gasteiger charge is 2.19. The van der Waals surface area contributed by atoms with Gasteiger partial charge in [-0.25, -0.2) is 0 Å². The number of carbonyl (C=O) groups is 1. The van der Waals surface area contributed by atoms with Crippen LogP contribution in [0.15, 0.2) is 12.3 Å². The Bertz CT molecular complexity index is 499. The molecule has 0 saturated carbocycles. The van der Waals surface area contributed by atoms with Gasteiger partial charge in [0, 0.05) is 46.0 Å². The van der Waals surface area contributed by atoms with Crippen LogP contribution in [0.1, 0.15) is 12.1 Å². The van der Waals surface area contributed by atoms with Crippen LogP contribution in [0.5, 0.6) is 0 Å². The Kier molecular flexibility index (Phi) is 6.23. The van der Waals surface area contributed by atoms with E-state index in [-0.39, 0.29) is 12.5 Å². The molecule has 0 unspecified atom stereocenters. The molecule has 1 saturated heterocycles. The molecule has 5 nitrogen and oxygen atoms in total. The number of carbonyl (C=O) groups excluding carboxylic acids is 1. The number of methoxy groups -OCH3 is 1. The molecule has 0 radical (unpaired) electrons. The van der Waals surface area contributed by atoms with Crippen LogP contribution in [0.2, 0.25) is 10.0 Å². The van der Waals surface area contributed by atoms with E-state index in [0.717, 1.165) is 31.7 Å². The standard InChI is InChI=1S/C14H19Cl2N3O2/c1-21-10-14(20)19-4-2-3-18(5-6-19)9-13-12(16)7-11(15)8-17-13/h7-8H,2-6,9-10H2,1H3. The minimum atomic E-state index is 0.0435. The van der Waals surface area contributed by atoms with E-state index in [1.54, 1.807) is 12.3 Å². The van der Waals surface area contributed by atoms with Gasteiger partial charge in [0.05, 0.1) is 15.7 Å². The summed E-state index contributed by atoms with van der Waals surface area (Å²) in [6.45, 7) is 3.99. The quantitative estimate of drug-likeness (QED) is 0.847. The zero-order chi connectivity index (χ0) is 15.2. The monoisotopic (exact) mass is 331 g/mol. The van der Waals surface area contributed by atoms with Crippen molar-refractivity contribution in [2.45, 2.75) is 13.0 Å². The molecule has 1 amide bonds. The van der Waals surface area contributed by atoms with Gasteiger partial charge in [-0.1, -0.05) is 23.2 Å². The highest BCUT2D eigenvalue weighted by atomic mass is 35.5. The first-order valence-corrected chi connectivity index (χ1v) is 7.64. The maximum atomic E-state index is 11.8. The maximum Gasteiger partial charge on any atom is 0.248 e. The van der Waals surface area contributed by atoms with Gasteiger partial charge in [0.25, 0.3) is 0 Å². The molecular formula is C14H19Cl2N3O2. The van der Waals surface area contributed by atoms with E-state index in [4.69, 9.17) is 27.9 Å². The van der Waals surface area contributed by atoms with E-state index >= 15 is 0 Å². The molecule has 2 rings (SSSR count). The van der Waals surface area contributed by atoms with Crippen LogP contribution in [0.4, 0.5) is 0 Å². The van der Waals surface area contributed by atoms with Gasteiger partial charge in [-0.3, -0.25) is 14.7 Å². The van der Waals surface area contributed by atoms with Crippen LogP contribution in [-0.2, 0) is 16.1 Å². The van der Waals surface area contributed by atoms with Crippen LogP contribution >= 0.6 is 23.2 Å². The Hall–Kier alpha value is -0.880. The SMILES string of the molecule is COCC(=O)N1CCCN(Cc2ncc(Cl)cc2Cl)CC1. The summed E-state index contributed by atoms with van der Waals surface area (Å²) in [4.78, 5) is 20.2. The lowest BCUT2D eigenvalue weighted by molar-refractivity contribution is -0.135. The molecule has 21 heavy (non-hydrogen) atoms. The maximum absolute atomic E-state index is 11.8. The van der Waals surface area contributed by atoms with E-state index in [1.165, 1.54) is 7.11 Å². The summed E-state index contributed by atoms with van der Waals surface area (Å²) in [7, 11) is 1.54. The molecular weight excluding hydrogens is 313 g/mol. The van der Waals surface area contributed by atoms with Crippen molar-refractivity contribution >= 4 is 29.1 Å². The molecule has 0 aliphatic carbocycles. The largest absolute Gasteiger partial charge is 0.375 e. The second-order valence-electron chi connectivity index (χ2n) is 5.03. The number of pyridine rings is 1.